The average molecular weight is 447 g/mol. The fourth-order valence-corrected chi connectivity index (χ4v) is 3.36. The number of alkyl halides is 3. The highest BCUT2D eigenvalue weighted by atomic mass is 79.9. The number of hydrogen-bond donors (Lipinski definition) is 0. The van der Waals surface area contributed by atoms with Gasteiger partial charge in [-0.05, 0) is 35.0 Å². The van der Waals surface area contributed by atoms with E-state index >= 15 is 0 Å². The summed E-state index contributed by atoms with van der Waals surface area (Å²) < 4.78 is 44.5. The van der Waals surface area contributed by atoms with Crippen LogP contribution in [0.5, 0.6) is 0 Å². The fraction of sp³-hybridized carbons (Fsp3) is 0.200. The van der Waals surface area contributed by atoms with Crippen LogP contribution >= 0.6 is 27.3 Å². The summed E-state index contributed by atoms with van der Waals surface area (Å²) in [6.07, 6.45) is -4.40. The molecule has 2 heterocycles. The lowest BCUT2D eigenvalue weighted by Gasteiger charge is -2.06. The van der Waals surface area contributed by atoms with Crippen molar-refractivity contribution in [2.75, 3.05) is 7.11 Å². The first-order valence-electron chi connectivity index (χ1n) is 7.07. The SMILES string of the molecule is COC(=O)c1c(Br)c(C)nn1-c1nnc(-c2ccc(C(F)(F)F)cc2)s1. The van der Waals surface area contributed by atoms with Gasteiger partial charge in [0.25, 0.3) is 0 Å². The molecule has 0 N–H and O–H groups in total. The minimum atomic E-state index is -4.40. The number of esters is 1. The number of methoxy groups -OCH3 is 1. The van der Waals surface area contributed by atoms with Gasteiger partial charge in [0.2, 0.25) is 5.13 Å². The zero-order valence-corrected chi connectivity index (χ0v) is 15.7. The van der Waals surface area contributed by atoms with Crippen LogP contribution < -0.4 is 0 Å². The lowest BCUT2D eigenvalue weighted by molar-refractivity contribution is -0.137. The van der Waals surface area contributed by atoms with Crippen molar-refractivity contribution in [2.24, 2.45) is 0 Å². The van der Waals surface area contributed by atoms with Crippen LogP contribution in [0.2, 0.25) is 0 Å². The molecule has 11 heteroatoms. The monoisotopic (exact) mass is 446 g/mol. The number of carbonyl (C=O) groups is 1. The Bertz CT molecular complexity index is 966. The summed E-state index contributed by atoms with van der Waals surface area (Å²) in [5, 5.41) is 12.9. The van der Waals surface area contributed by atoms with E-state index in [0.717, 1.165) is 23.5 Å². The molecule has 0 aliphatic rings. The third-order valence-electron chi connectivity index (χ3n) is 3.42. The number of nitrogens with zero attached hydrogens (tertiary/aromatic N) is 4. The molecule has 136 valence electrons. The van der Waals surface area contributed by atoms with Crippen molar-refractivity contribution in [2.45, 2.75) is 13.1 Å². The van der Waals surface area contributed by atoms with E-state index in [2.05, 4.69) is 31.2 Å². The van der Waals surface area contributed by atoms with Gasteiger partial charge in [-0.3, -0.25) is 0 Å². The highest BCUT2D eigenvalue weighted by Gasteiger charge is 2.30. The Morgan fingerprint density at radius 1 is 1.23 bits per heavy atom. The summed E-state index contributed by atoms with van der Waals surface area (Å²) >= 11 is 4.37. The van der Waals surface area contributed by atoms with Crippen LogP contribution in [0.4, 0.5) is 13.2 Å². The van der Waals surface area contributed by atoms with Crippen molar-refractivity contribution in [1.82, 2.24) is 20.0 Å². The molecule has 0 unspecified atom stereocenters. The Kier molecular flexibility index (Phi) is 4.84. The largest absolute Gasteiger partial charge is 0.464 e. The van der Waals surface area contributed by atoms with Crippen molar-refractivity contribution >= 4 is 33.2 Å². The number of halogens is 4. The molecule has 0 saturated carbocycles. The zero-order chi connectivity index (χ0) is 19.1. The highest BCUT2D eigenvalue weighted by molar-refractivity contribution is 9.10. The smallest absolute Gasteiger partial charge is 0.416 e. The van der Waals surface area contributed by atoms with Gasteiger partial charge in [-0.25, -0.2) is 4.79 Å². The van der Waals surface area contributed by atoms with Crippen molar-refractivity contribution in [1.29, 1.82) is 0 Å². The predicted molar refractivity (Wildman–Crippen MR) is 91.2 cm³/mol. The lowest BCUT2D eigenvalue weighted by atomic mass is 10.1. The van der Waals surface area contributed by atoms with Crippen LogP contribution in [0.1, 0.15) is 21.7 Å². The summed E-state index contributed by atoms with van der Waals surface area (Å²) in [6.45, 7) is 1.70. The van der Waals surface area contributed by atoms with E-state index in [9.17, 15) is 18.0 Å². The number of ether oxygens (including phenoxy) is 1. The van der Waals surface area contributed by atoms with Crippen LogP contribution in [0.15, 0.2) is 28.7 Å². The second kappa shape index (κ2) is 6.80. The molecular weight excluding hydrogens is 437 g/mol. The minimum absolute atomic E-state index is 0.153. The number of hydrogen-bond acceptors (Lipinski definition) is 6. The molecule has 0 bridgehead atoms. The summed E-state index contributed by atoms with van der Waals surface area (Å²) in [5.41, 5.74) is 0.437. The second-order valence-electron chi connectivity index (χ2n) is 5.12. The molecule has 0 fully saturated rings. The second-order valence-corrected chi connectivity index (χ2v) is 6.87. The van der Waals surface area contributed by atoms with E-state index in [1.807, 2.05) is 0 Å². The van der Waals surface area contributed by atoms with Gasteiger partial charge in [0, 0.05) is 5.56 Å². The van der Waals surface area contributed by atoms with Crippen LogP contribution in [-0.4, -0.2) is 33.1 Å². The number of carbonyl (C=O) groups excluding carboxylic acids is 1. The molecule has 3 rings (SSSR count). The van der Waals surface area contributed by atoms with Crippen LogP contribution in [0.25, 0.3) is 15.7 Å². The van der Waals surface area contributed by atoms with Crippen LogP contribution in [0.3, 0.4) is 0 Å². The molecule has 26 heavy (non-hydrogen) atoms. The summed E-state index contributed by atoms with van der Waals surface area (Å²) in [5.74, 6) is -0.608. The van der Waals surface area contributed by atoms with Gasteiger partial charge >= 0.3 is 12.1 Å². The molecule has 0 saturated heterocycles. The number of aryl methyl sites for hydroxylation is 1. The highest BCUT2D eigenvalue weighted by Crippen LogP contribution is 2.33. The normalized spacial score (nSPS) is 11.6. The minimum Gasteiger partial charge on any atom is -0.464 e. The third kappa shape index (κ3) is 3.36. The van der Waals surface area contributed by atoms with Crippen LogP contribution in [-0.2, 0) is 10.9 Å². The zero-order valence-electron chi connectivity index (χ0n) is 13.3. The van der Waals surface area contributed by atoms with E-state index in [4.69, 9.17) is 4.74 Å². The Hall–Kier alpha value is -2.27. The van der Waals surface area contributed by atoms with Gasteiger partial charge in [0.1, 0.15) is 5.01 Å². The molecular formula is C15H10BrF3N4O2S. The van der Waals surface area contributed by atoms with Crippen molar-refractivity contribution < 1.29 is 22.7 Å². The molecule has 3 aromatic rings. The topological polar surface area (TPSA) is 69.9 Å². The summed E-state index contributed by atoms with van der Waals surface area (Å²) in [6, 6.07) is 4.59. The van der Waals surface area contributed by atoms with E-state index in [1.165, 1.54) is 23.9 Å². The Morgan fingerprint density at radius 3 is 2.46 bits per heavy atom. The van der Waals surface area contributed by atoms with Crippen LogP contribution in [0, 0.1) is 6.92 Å². The first-order chi connectivity index (χ1) is 12.2. The molecule has 0 amide bonds. The molecule has 1 aromatic carbocycles. The van der Waals surface area contributed by atoms with E-state index < -0.39 is 17.7 Å². The summed E-state index contributed by atoms with van der Waals surface area (Å²) in [7, 11) is 1.25. The van der Waals surface area contributed by atoms with E-state index in [0.29, 0.717) is 20.7 Å². The fourth-order valence-electron chi connectivity index (χ4n) is 2.14. The van der Waals surface area contributed by atoms with E-state index in [-0.39, 0.29) is 10.8 Å². The molecule has 6 nitrogen and oxygen atoms in total. The number of benzene rings is 1. The quantitative estimate of drug-likeness (QED) is 0.561. The van der Waals surface area contributed by atoms with Gasteiger partial charge in [0.05, 0.1) is 22.8 Å². The van der Waals surface area contributed by atoms with Gasteiger partial charge < -0.3 is 4.74 Å². The van der Waals surface area contributed by atoms with E-state index in [1.54, 1.807) is 6.92 Å². The lowest BCUT2D eigenvalue weighted by Crippen LogP contribution is -2.10. The number of aromatic nitrogens is 4. The molecule has 2 aromatic heterocycles. The first-order valence-corrected chi connectivity index (χ1v) is 8.68. The molecule has 0 aliphatic carbocycles. The maximum absolute atomic E-state index is 12.7. The van der Waals surface area contributed by atoms with Gasteiger partial charge in [0.15, 0.2) is 5.69 Å². The molecule has 0 radical (unpaired) electrons. The van der Waals surface area contributed by atoms with Gasteiger partial charge in [-0.15, -0.1) is 10.2 Å². The maximum Gasteiger partial charge on any atom is 0.416 e. The first kappa shape index (κ1) is 18.5. The molecule has 0 aliphatic heterocycles. The molecule has 0 spiro atoms. The maximum atomic E-state index is 12.7. The Balaban J connectivity index is 1.99. The standard InChI is InChI=1S/C15H10BrF3N4O2S/c1-7-10(16)11(13(24)25-2)23(22-7)14-21-20-12(26-14)8-3-5-9(6-4-8)15(17,18)19/h3-6H,1-2H3. The Labute approximate surface area is 157 Å². The number of rotatable bonds is 3. The Morgan fingerprint density at radius 2 is 1.88 bits per heavy atom. The van der Waals surface area contributed by atoms with Crippen molar-refractivity contribution in [3.8, 4) is 15.7 Å². The average Bonchev–Trinajstić information content (AvgIpc) is 3.19. The van der Waals surface area contributed by atoms with Gasteiger partial charge in [-0.2, -0.15) is 23.0 Å². The predicted octanol–water partition coefficient (Wildman–Crippen LogP) is 4.27. The molecule has 0 atom stereocenters. The van der Waals surface area contributed by atoms with Crippen molar-refractivity contribution in [3.05, 3.63) is 45.7 Å². The third-order valence-corrected chi connectivity index (χ3v) is 5.32. The van der Waals surface area contributed by atoms with Crippen molar-refractivity contribution in [3.63, 3.8) is 0 Å². The van der Waals surface area contributed by atoms with Gasteiger partial charge in [-0.1, -0.05) is 23.5 Å². The summed E-state index contributed by atoms with van der Waals surface area (Å²) in [4.78, 5) is 12.0.